The fourth-order valence-electron chi connectivity index (χ4n) is 0.854. The molecule has 0 bridgehead atoms. The van der Waals surface area contributed by atoms with Crippen molar-refractivity contribution in [2.45, 2.75) is 6.42 Å². The van der Waals surface area contributed by atoms with E-state index in [1.54, 1.807) is 6.07 Å². The minimum atomic E-state index is -0.436. The maximum Gasteiger partial charge on any atom is 0.358 e. The number of carbonyl (C=O) groups excluding carboxylic acids is 1. The molecule has 0 atom stereocenters. The first kappa shape index (κ1) is 11.9. The Balaban J connectivity index is 0.00000144. The van der Waals surface area contributed by atoms with E-state index in [-0.39, 0.29) is 12.4 Å². The smallest absolute Gasteiger partial charge is 0.358 e. The van der Waals surface area contributed by atoms with Crippen molar-refractivity contribution in [1.82, 2.24) is 10.2 Å². The van der Waals surface area contributed by atoms with E-state index in [0.29, 0.717) is 18.7 Å². The van der Waals surface area contributed by atoms with Gasteiger partial charge < -0.3 is 10.5 Å². The molecule has 1 rings (SSSR count). The van der Waals surface area contributed by atoms with Crippen molar-refractivity contribution in [2.24, 2.45) is 5.73 Å². The molecular weight excluding hydrogens is 194 g/mol. The predicted octanol–water partition coefficient (Wildman–Crippen LogP) is 0.119. The van der Waals surface area contributed by atoms with Crippen LogP contribution in [-0.4, -0.2) is 29.8 Å². The number of nitrogens with zero attached hydrogens (tertiary/aromatic N) is 1. The van der Waals surface area contributed by atoms with Crippen molar-refractivity contribution < 1.29 is 9.53 Å². The van der Waals surface area contributed by atoms with Crippen LogP contribution in [0, 0.1) is 0 Å². The van der Waals surface area contributed by atoms with Gasteiger partial charge in [-0.05, 0) is 12.6 Å². The molecule has 0 aromatic carbocycles. The zero-order valence-electron chi connectivity index (χ0n) is 7.24. The van der Waals surface area contributed by atoms with Crippen LogP contribution in [0.15, 0.2) is 6.07 Å². The number of rotatable bonds is 3. The van der Waals surface area contributed by atoms with Crippen molar-refractivity contribution >= 4 is 18.4 Å². The van der Waals surface area contributed by atoms with Gasteiger partial charge in [0.25, 0.3) is 0 Å². The topological polar surface area (TPSA) is 81.0 Å². The van der Waals surface area contributed by atoms with Crippen molar-refractivity contribution in [3.05, 3.63) is 17.5 Å². The summed E-state index contributed by atoms with van der Waals surface area (Å²) >= 11 is 0. The van der Waals surface area contributed by atoms with Crippen LogP contribution in [0.3, 0.4) is 0 Å². The van der Waals surface area contributed by atoms with Gasteiger partial charge in [-0.15, -0.1) is 12.4 Å². The van der Waals surface area contributed by atoms with E-state index in [9.17, 15) is 4.79 Å². The predicted molar refractivity (Wildman–Crippen MR) is 49.9 cm³/mol. The Labute approximate surface area is 82.1 Å². The van der Waals surface area contributed by atoms with E-state index in [0.717, 1.165) is 5.69 Å². The van der Waals surface area contributed by atoms with E-state index < -0.39 is 5.97 Å². The Morgan fingerprint density at radius 1 is 1.77 bits per heavy atom. The lowest BCUT2D eigenvalue weighted by Crippen LogP contribution is -2.02. The van der Waals surface area contributed by atoms with Crippen LogP contribution in [0.25, 0.3) is 0 Å². The SMILES string of the molecule is COC(=O)c1cc(CCN)[nH]n1.Cl. The molecule has 0 spiro atoms. The first-order chi connectivity index (χ1) is 5.77. The zero-order valence-corrected chi connectivity index (χ0v) is 8.06. The average molecular weight is 206 g/mol. The molecule has 0 radical (unpaired) electrons. The monoisotopic (exact) mass is 205 g/mol. The first-order valence-corrected chi connectivity index (χ1v) is 3.60. The van der Waals surface area contributed by atoms with Crippen LogP contribution in [0.4, 0.5) is 0 Å². The fourth-order valence-corrected chi connectivity index (χ4v) is 0.854. The van der Waals surface area contributed by atoms with Crippen LogP contribution >= 0.6 is 12.4 Å². The molecule has 13 heavy (non-hydrogen) atoms. The summed E-state index contributed by atoms with van der Waals surface area (Å²) in [5, 5.41) is 6.44. The van der Waals surface area contributed by atoms with Crippen molar-refractivity contribution in [3.63, 3.8) is 0 Å². The highest BCUT2D eigenvalue weighted by molar-refractivity contribution is 5.87. The molecule has 0 aliphatic heterocycles. The molecule has 0 aliphatic carbocycles. The molecule has 3 N–H and O–H groups in total. The molecule has 74 valence electrons. The molecule has 1 aromatic heterocycles. The second-order valence-corrected chi connectivity index (χ2v) is 2.31. The van der Waals surface area contributed by atoms with E-state index in [1.807, 2.05) is 0 Å². The van der Waals surface area contributed by atoms with Gasteiger partial charge in [0.2, 0.25) is 0 Å². The summed E-state index contributed by atoms with van der Waals surface area (Å²) in [4.78, 5) is 10.9. The summed E-state index contributed by atoms with van der Waals surface area (Å²) in [6, 6.07) is 1.64. The standard InChI is InChI=1S/C7H11N3O2.ClH/c1-12-7(11)6-4-5(2-3-8)9-10-6;/h4H,2-3,8H2,1H3,(H,9,10);1H. The molecule has 0 saturated heterocycles. The van der Waals surface area contributed by atoms with Gasteiger partial charge in [0.1, 0.15) is 0 Å². The Kier molecular flexibility index (Phi) is 5.10. The van der Waals surface area contributed by atoms with Gasteiger partial charge in [0, 0.05) is 12.1 Å². The van der Waals surface area contributed by atoms with Gasteiger partial charge >= 0.3 is 5.97 Å². The third-order valence-corrected chi connectivity index (χ3v) is 1.44. The first-order valence-electron chi connectivity index (χ1n) is 3.60. The summed E-state index contributed by atoms with van der Waals surface area (Å²) in [6.45, 7) is 0.531. The number of hydrogen-bond donors (Lipinski definition) is 2. The van der Waals surface area contributed by atoms with Crippen LogP contribution in [0.5, 0.6) is 0 Å². The van der Waals surface area contributed by atoms with Crippen LogP contribution in [0.1, 0.15) is 16.2 Å². The number of aromatic nitrogens is 2. The molecule has 1 heterocycles. The van der Waals surface area contributed by atoms with Gasteiger partial charge in [-0.3, -0.25) is 5.10 Å². The molecule has 0 amide bonds. The molecule has 5 nitrogen and oxygen atoms in total. The molecule has 0 aliphatic rings. The summed E-state index contributed by atoms with van der Waals surface area (Å²) in [6.07, 6.45) is 0.685. The number of aromatic amines is 1. The lowest BCUT2D eigenvalue weighted by molar-refractivity contribution is 0.0594. The number of H-pyrrole nitrogens is 1. The van der Waals surface area contributed by atoms with Gasteiger partial charge in [0.05, 0.1) is 7.11 Å². The quantitative estimate of drug-likeness (QED) is 0.687. The van der Waals surface area contributed by atoms with E-state index in [4.69, 9.17) is 5.73 Å². The summed E-state index contributed by atoms with van der Waals surface area (Å²) in [5.41, 5.74) is 6.45. The van der Waals surface area contributed by atoms with Gasteiger partial charge in [-0.25, -0.2) is 4.79 Å². The van der Waals surface area contributed by atoms with Crippen molar-refractivity contribution in [3.8, 4) is 0 Å². The lowest BCUT2D eigenvalue weighted by Gasteiger charge is -1.90. The normalized spacial score (nSPS) is 9.08. The Morgan fingerprint density at radius 3 is 3.00 bits per heavy atom. The number of methoxy groups -OCH3 is 1. The van der Waals surface area contributed by atoms with E-state index in [1.165, 1.54) is 7.11 Å². The third-order valence-electron chi connectivity index (χ3n) is 1.44. The average Bonchev–Trinajstić information content (AvgIpc) is 2.52. The highest BCUT2D eigenvalue weighted by Gasteiger charge is 2.08. The zero-order chi connectivity index (χ0) is 8.97. The van der Waals surface area contributed by atoms with Gasteiger partial charge in [0.15, 0.2) is 5.69 Å². The summed E-state index contributed by atoms with van der Waals surface area (Å²) in [7, 11) is 1.32. The molecular formula is C7H12ClN3O2. The number of nitrogens with two attached hydrogens (primary N) is 1. The number of ether oxygens (including phenoxy) is 1. The Hall–Kier alpha value is -1.07. The number of carbonyl (C=O) groups is 1. The largest absolute Gasteiger partial charge is 0.464 e. The second-order valence-electron chi connectivity index (χ2n) is 2.31. The van der Waals surface area contributed by atoms with Crippen LogP contribution in [0.2, 0.25) is 0 Å². The van der Waals surface area contributed by atoms with E-state index in [2.05, 4.69) is 14.9 Å². The van der Waals surface area contributed by atoms with Gasteiger partial charge in [-0.2, -0.15) is 5.10 Å². The number of hydrogen-bond acceptors (Lipinski definition) is 4. The molecule has 0 fully saturated rings. The van der Waals surface area contributed by atoms with Crippen molar-refractivity contribution in [1.29, 1.82) is 0 Å². The number of halogens is 1. The minimum Gasteiger partial charge on any atom is -0.464 e. The Morgan fingerprint density at radius 2 is 2.46 bits per heavy atom. The van der Waals surface area contributed by atoms with Crippen LogP contribution in [-0.2, 0) is 11.2 Å². The second kappa shape index (κ2) is 5.55. The molecule has 1 aromatic rings. The lowest BCUT2D eigenvalue weighted by atomic mass is 10.3. The highest BCUT2D eigenvalue weighted by atomic mass is 35.5. The number of esters is 1. The summed E-state index contributed by atoms with van der Waals surface area (Å²) in [5.74, 6) is -0.436. The molecule has 6 heteroatoms. The minimum absolute atomic E-state index is 0. The maximum atomic E-state index is 10.9. The highest BCUT2D eigenvalue weighted by Crippen LogP contribution is 2.00. The number of nitrogens with one attached hydrogen (secondary N) is 1. The van der Waals surface area contributed by atoms with Gasteiger partial charge in [-0.1, -0.05) is 0 Å². The summed E-state index contributed by atoms with van der Waals surface area (Å²) < 4.78 is 4.48. The third kappa shape index (κ3) is 3.04. The molecule has 0 unspecified atom stereocenters. The maximum absolute atomic E-state index is 10.9. The van der Waals surface area contributed by atoms with Crippen LogP contribution < -0.4 is 5.73 Å². The Bertz CT molecular complexity index is 274. The van der Waals surface area contributed by atoms with E-state index >= 15 is 0 Å². The fraction of sp³-hybridized carbons (Fsp3) is 0.429. The van der Waals surface area contributed by atoms with Crippen molar-refractivity contribution in [2.75, 3.05) is 13.7 Å². The molecule has 0 saturated carbocycles.